The van der Waals surface area contributed by atoms with Gasteiger partial charge in [-0.2, -0.15) is 13.2 Å². The maximum Gasteiger partial charge on any atom is 0.411 e. The van der Waals surface area contributed by atoms with Crippen molar-refractivity contribution in [3.63, 3.8) is 0 Å². The van der Waals surface area contributed by atoms with Gasteiger partial charge in [0.05, 0.1) is 18.0 Å². The van der Waals surface area contributed by atoms with E-state index in [4.69, 9.17) is 0 Å². The summed E-state index contributed by atoms with van der Waals surface area (Å²) in [6, 6.07) is 8.80. The number of ether oxygens (including phenoxy) is 1. The number of aromatic nitrogens is 2. The Morgan fingerprint density at radius 3 is 2.43 bits per heavy atom. The van der Waals surface area contributed by atoms with Crippen molar-refractivity contribution in [1.82, 2.24) is 9.36 Å². The van der Waals surface area contributed by atoms with Gasteiger partial charge in [0.2, 0.25) is 0 Å². The van der Waals surface area contributed by atoms with Crippen molar-refractivity contribution in [2.24, 2.45) is 7.05 Å². The fourth-order valence-electron chi connectivity index (χ4n) is 1.90. The molecule has 0 atom stereocenters. The van der Waals surface area contributed by atoms with E-state index >= 15 is 0 Å². The first kappa shape index (κ1) is 15.8. The molecule has 8 heteroatoms. The number of halogens is 4. The summed E-state index contributed by atoms with van der Waals surface area (Å²) in [6.07, 6.45) is -4.40. The Bertz CT molecular complexity index is 677. The molecule has 0 saturated carbocycles. The lowest BCUT2D eigenvalue weighted by Crippen LogP contribution is -2.20. The van der Waals surface area contributed by atoms with E-state index < -0.39 is 12.8 Å². The highest BCUT2D eigenvalue weighted by Gasteiger charge is 2.28. The maximum absolute atomic E-state index is 12.2. The number of hydrogen-bond acceptors (Lipinski definition) is 2. The van der Waals surface area contributed by atoms with Gasteiger partial charge in [-0.3, -0.25) is 9.48 Å². The molecule has 0 aliphatic carbocycles. The minimum absolute atomic E-state index is 0.191. The van der Waals surface area contributed by atoms with Crippen LogP contribution in [0.25, 0.3) is 5.69 Å². The molecule has 0 bridgehead atoms. The van der Waals surface area contributed by atoms with Gasteiger partial charge in [-0.25, -0.2) is 4.68 Å². The van der Waals surface area contributed by atoms with Crippen molar-refractivity contribution in [2.45, 2.75) is 12.8 Å². The molecule has 2 rings (SSSR count). The molecule has 0 N–H and O–H groups in total. The maximum atomic E-state index is 12.2. The van der Waals surface area contributed by atoms with Gasteiger partial charge in [0.1, 0.15) is 11.1 Å². The zero-order valence-corrected chi connectivity index (χ0v) is 12.6. The molecule has 1 aromatic carbocycles. The third-order valence-corrected chi connectivity index (χ3v) is 3.63. The fraction of sp³-hybridized carbons (Fsp3) is 0.308. The SMILES string of the molecule is Cn1c(COCC(F)(F)F)c(Br)c(=O)n1-c1ccccc1. The predicted molar refractivity (Wildman–Crippen MR) is 74.4 cm³/mol. The van der Waals surface area contributed by atoms with E-state index in [1.54, 1.807) is 37.4 Å². The monoisotopic (exact) mass is 364 g/mol. The van der Waals surface area contributed by atoms with Crippen LogP contribution in [0.15, 0.2) is 39.6 Å². The van der Waals surface area contributed by atoms with Crippen molar-refractivity contribution < 1.29 is 17.9 Å². The quantitative estimate of drug-likeness (QED) is 0.835. The van der Waals surface area contributed by atoms with E-state index in [-0.39, 0.29) is 16.6 Å². The first-order valence-corrected chi connectivity index (χ1v) is 6.77. The van der Waals surface area contributed by atoms with Gasteiger partial charge in [0.25, 0.3) is 5.56 Å². The van der Waals surface area contributed by atoms with Gasteiger partial charge in [0.15, 0.2) is 0 Å². The number of rotatable bonds is 4. The van der Waals surface area contributed by atoms with Crippen LogP contribution in [0.1, 0.15) is 5.69 Å². The van der Waals surface area contributed by atoms with Crippen molar-refractivity contribution in [3.8, 4) is 5.69 Å². The highest BCUT2D eigenvalue weighted by molar-refractivity contribution is 9.10. The number of hydrogen-bond donors (Lipinski definition) is 0. The van der Waals surface area contributed by atoms with Crippen LogP contribution in [0, 0.1) is 0 Å². The summed E-state index contributed by atoms with van der Waals surface area (Å²) in [5.41, 5.74) is 0.607. The summed E-state index contributed by atoms with van der Waals surface area (Å²) < 4.78 is 43.9. The molecular formula is C13H12BrF3N2O2. The summed E-state index contributed by atoms with van der Waals surface area (Å²) in [4.78, 5) is 12.2. The summed E-state index contributed by atoms with van der Waals surface area (Å²) >= 11 is 3.11. The topological polar surface area (TPSA) is 36.2 Å². The zero-order chi connectivity index (χ0) is 15.6. The molecule has 0 fully saturated rings. The van der Waals surface area contributed by atoms with Crippen molar-refractivity contribution in [3.05, 3.63) is 50.9 Å². The second-order valence-corrected chi connectivity index (χ2v) is 5.14. The van der Waals surface area contributed by atoms with Gasteiger partial charge in [0, 0.05) is 7.05 Å². The molecule has 0 aliphatic rings. The van der Waals surface area contributed by atoms with Crippen molar-refractivity contribution in [1.29, 1.82) is 0 Å². The van der Waals surface area contributed by atoms with Gasteiger partial charge >= 0.3 is 6.18 Å². The molecule has 0 unspecified atom stereocenters. The Labute approximate surface area is 126 Å². The highest BCUT2D eigenvalue weighted by Crippen LogP contribution is 2.19. The summed E-state index contributed by atoms with van der Waals surface area (Å²) in [6.45, 7) is -1.67. The normalized spacial score (nSPS) is 11.9. The summed E-state index contributed by atoms with van der Waals surface area (Å²) in [5, 5.41) is 0. The molecule has 0 amide bonds. The van der Waals surface area contributed by atoms with E-state index in [1.807, 2.05) is 0 Å². The van der Waals surface area contributed by atoms with Crippen LogP contribution in [-0.4, -0.2) is 22.1 Å². The van der Waals surface area contributed by atoms with Gasteiger partial charge in [-0.05, 0) is 28.1 Å². The minimum atomic E-state index is -4.40. The number of alkyl halides is 3. The molecule has 1 heterocycles. The van der Waals surface area contributed by atoms with Gasteiger partial charge in [-0.15, -0.1) is 0 Å². The Balaban J connectivity index is 2.31. The molecule has 1 aromatic heterocycles. The zero-order valence-electron chi connectivity index (χ0n) is 11.0. The average molecular weight is 365 g/mol. The molecule has 2 aromatic rings. The van der Waals surface area contributed by atoms with Crippen LogP contribution in [-0.2, 0) is 18.4 Å². The van der Waals surface area contributed by atoms with Crippen molar-refractivity contribution >= 4 is 15.9 Å². The average Bonchev–Trinajstić information content (AvgIpc) is 2.62. The molecular weight excluding hydrogens is 353 g/mol. The predicted octanol–water partition coefficient (Wildman–Crippen LogP) is 3.02. The largest absolute Gasteiger partial charge is 0.411 e. The summed E-state index contributed by atoms with van der Waals surface area (Å²) in [5.74, 6) is 0. The Morgan fingerprint density at radius 2 is 1.86 bits per heavy atom. The molecule has 114 valence electrons. The van der Waals surface area contributed by atoms with Crippen LogP contribution in [0.2, 0.25) is 0 Å². The molecule has 4 nitrogen and oxygen atoms in total. The minimum Gasteiger partial charge on any atom is -0.366 e. The first-order valence-electron chi connectivity index (χ1n) is 5.97. The lowest BCUT2D eigenvalue weighted by atomic mass is 10.3. The Hall–Kier alpha value is -1.54. The highest BCUT2D eigenvalue weighted by atomic mass is 79.9. The number of para-hydroxylation sites is 1. The summed E-state index contributed by atoms with van der Waals surface area (Å²) in [7, 11) is 1.59. The van der Waals surface area contributed by atoms with Gasteiger partial charge < -0.3 is 4.74 Å². The molecule has 21 heavy (non-hydrogen) atoms. The van der Waals surface area contributed by atoms with E-state index in [0.29, 0.717) is 11.4 Å². The van der Waals surface area contributed by atoms with E-state index in [9.17, 15) is 18.0 Å². The smallest absolute Gasteiger partial charge is 0.366 e. The molecule has 0 spiro atoms. The number of nitrogens with zero attached hydrogens (tertiary/aromatic N) is 2. The second kappa shape index (κ2) is 6.07. The van der Waals surface area contributed by atoms with Crippen LogP contribution in [0.4, 0.5) is 13.2 Å². The number of benzene rings is 1. The fourth-order valence-corrected chi connectivity index (χ4v) is 2.43. The molecule has 0 aliphatic heterocycles. The standard InChI is InChI=1S/C13H12BrF3N2O2/c1-18-10(7-21-8-13(15,16)17)11(14)12(20)19(18)9-5-3-2-4-6-9/h2-6H,7-8H2,1H3. The van der Waals surface area contributed by atoms with Crippen LogP contribution in [0.5, 0.6) is 0 Å². The third-order valence-electron chi connectivity index (χ3n) is 2.83. The lowest BCUT2D eigenvalue weighted by Gasteiger charge is -2.11. The van der Waals surface area contributed by atoms with E-state index in [2.05, 4.69) is 20.7 Å². The first-order chi connectivity index (χ1) is 9.81. The van der Waals surface area contributed by atoms with Crippen LogP contribution in [0.3, 0.4) is 0 Å². The Kier molecular flexibility index (Phi) is 4.58. The van der Waals surface area contributed by atoms with E-state index in [0.717, 1.165) is 0 Å². The van der Waals surface area contributed by atoms with Crippen molar-refractivity contribution in [2.75, 3.05) is 6.61 Å². The second-order valence-electron chi connectivity index (χ2n) is 4.34. The molecule has 0 radical (unpaired) electrons. The van der Waals surface area contributed by atoms with Crippen LogP contribution >= 0.6 is 15.9 Å². The van der Waals surface area contributed by atoms with Crippen LogP contribution < -0.4 is 5.56 Å². The third kappa shape index (κ3) is 3.56. The van der Waals surface area contributed by atoms with E-state index in [1.165, 1.54) is 9.36 Å². The van der Waals surface area contributed by atoms with Gasteiger partial charge in [-0.1, -0.05) is 18.2 Å². The molecule has 0 saturated heterocycles. The lowest BCUT2D eigenvalue weighted by molar-refractivity contribution is -0.177. The Morgan fingerprint density at radius 1 is 1.24 bits per heavy atom.